The van der Waals surface area contributed by atoms with Crippen molar-refractivity contribution in [3.8, 4) is 0 Å². The highest BCUT2D eigenvalue weighted by atomic mass is 19.1. The summed E-state index contributed by atoms with van der Waals surface area (Å²) in [5.74, 6) is -1.56. The number of H-pyrrole nitrogens is 1. The average Bonchev–Trinajstić information content (AvgIpc) is 2.73. The van der Waals surface area contributed by atoms with E-state index in [1.165, 1.54) is 12.1 Å². The Bertz CT molecular complexity index is 1420. The molecule has 1 aliphatic heterocycles. The number of halogens is 2. The number of nitrogens with two attached hydrogens (primary N) is 1. The molecule has 0 aliphatic carbocycles. The summed E-state index contributed by atoms with van der Waals surface area (Å²) in [5.41, 5.74) is 7.22. The summed E-state index contributed by atoms with van der Waals surface area (Å²) in [6.45, 7) is 0.610. The fourth-order valence-corrected chi connectivity index (χ4v) is 3.86. The van der Waals surface area contributed by atoms with Crippen molar-refractivity contribution in [2.45, 2.75) is 13.0 Å². The van der Waals surface area contributed by atoms with Crippen LogP contribution in [-0.2, 0) is 13.0 Å². The highest BCUT2D eigenvalue weighted by Gasteiger charge is 2.26. The summed E-state index contributed by atoms with van der Waals surface area (Å²) in [6, 6.07) is 5.88. The zero-order chi connectivity index (χ0) is 21.0. The first-order chi connectivity index (χ1) is 14.4. The van der Waals surface area contributed by atoms with Crippen LogP contribution >= 0.6 is 0 Å². The molecule has 3 N–H and O–H groups in total. The standard InChI is InChI=1S/C21H15F2N5O2/c22-11-1-2-17-13(5-11)19(29)14-6-12(23)7-15(18(14)26-17)20(30)28-4-3-16-10(9-28)8-25-21(24)27-16/h1-2,5-8H,3-4,9H2,(H,26,29)(H2,24,25,27). The Morgan fingerprint density at radius 2 is 1.93 bits per heavy atom. The number of carbonyl (C=O) groups is 1. The van der Waals surface area contributed by atoms with Crippen molar-refractivity contribution in [2.75, 3.05) is 12.3 Å². The van der Waals surface area contributed by atoms with Gasteiger partial charge in [0.15, 0.2) is 5.43 Å². The summed E-state index contributed by atoms with van der Waals surface area (Å²) < 4.78 is 27.9. The van der Waals surface area contributed by atoms with Crippen LogP contribution in [0.25, 0.3) is 21.8 Å². The van der Waals surface area contributed by atoms with E-state index in [-0.39, 0.29) is 34.3 Å². The molecule has 0 bridgehead atoms. The van der Waals surface area contributed by atoms with E-state index in [1.54, 1.807) is 11.1 Å². The van der Waals surface area contributed by atoms with Crippen LogP contribution in [0.2, 0.25) is 0 Å². The number of fused-ring (bicyclic) bond motifs is 3. The zero-order valence-electron chi connectivity index (χ0n) is 15.6. The lowest BCUT2D eigenvalue weighted by atomic mass is 10.0. The molecule has 0 fully saturated rings. The predicted octanol–water partition coefficient (Wildman–Crippen LogP) is 2.53. The van der Waals surface area contributed by atoms with E-state index in [1.807, 2.05) is 0 Å². The first-order valence-electron chi connectivity index (χ1n) is 9.25. The molecule has 2 aromatic heterocycles. The van der Waals surface area contributed by atoms with Crippen molar-refractivity contribution in [2.24, 2.45) is 0 Å². The number of benzene rings is 2. The van der Waals surface area contributed by atoms with E-state index in [4.69, 9.17) is 5.73 Å². The van der Waals surface area contributed by atoms with Crippen LogP contribution in [0.5, 0.6) is 0 Å². The van der Waals surface area contributed by atoms with Crippen molar-refractivity contribution in [3.63, 3.8) is 0 Å². The fraction of sp³-hybridized carbons (Fsp3) is 0.143. The van der Waals surface area contributed by atoms with Crippen molar-refractivity contribution >= 4 is 33.7 Å². The van der Waals surface area contributed by atoms with Crippen LogP contribution in [0.4, 0.5) is 14.7 Å². The van der Waals surface area contributed by atoms with E-state index in [9.17, 15) is 18.4 Å². The molecule has 1 amide bonds. The van der Waals surface area contributed by atoms with Gasteiger partial charge in [0.2, 0.25) is 5.95 Å². The Labute approximate surface area is 168 Å². The lowest BCUT2D eigenvalue weighted by Gasteiger charge is -2.28. The Hall–Kier alpha value is -3.88. The number of nitrogens with zero attached hydrogens (tertiary/aromatic N) is 3. The van der Waals surface area contributed by atoms with Gasteiger partial charge in [-0.25, -0.2) is 18.7 Å². The normalized spacial score (nSPS) is 13.6. The molecule has 0 radical (unpaired) electrons. The van der Waals surface area contributed by atoms with Gasteiger partial charge in [0.25, 0.3) is 5.91 Å². The Morgan fingerprint density at radius 3 is 2.77 bits per heavy atom. The van der Waals surface area contributed by atoms with E-state index in [2.05, 4.69) is 15.0 Å². The molecular weight excluding hydrogens is 392 g/mol. The summed E-state index contributed by atoms with van der Waals surface area (Å²) in [5, 5.41) is 0.0816. The monoisotopic (exact) mass is 407 g/mol. The third-order valence-electron chi connectivity index (χ3n) is 5.30. The van der Waals surface area contributed by atoms with E-state index in [0.29, 0.717) is 18.5 Å². The van der Waals surface area contributed by atoms with Crippen LogP contribution in [0.15, 0.2) is 41.3 Å². The van der Waals surface area contributed by atoms with Gasteiger partial charge in [-0.05, 0) is 30.3 Å². The van der Waals surface area contributed by atoms with Crippen LogP contribution in [0.3, 0.4) is 0 Å². The largest absolute Gasteiger partial charge is 0.368 e. The van der Waals surface area contributed by atoms with E-state index >= 15 is 0 Å². The maximum absolute atomic E-state index is 14.3. The maximum Gasteiger partial charge on any atom is 0.256 e. The molecule has 0 unspecified atom stereocenters. The number of aromatic amines is 1. The number of amides is 1. The maximum atomic E-state index is 14.3. The third-order valence-corrected chi connectivity index (χ3v) is 5.30. The third kappa shape index (κ3) is 2.86. The highest BCUT2D eigenvalue weighted by molar-refractivity contribution is 6.07. The molecule has 3 heterocycles. The molecule has 9 heteroatoms. The number of aromatic nitrogens is 3. The molecule has 2 aromatic carbocycles. The van der Waals surface area contributed by atoms with Crippen LogP contribution < -0.4 is 11.2 Å². The van der Waals surface area contributed by atoms with Gasteiger partial charge in [0.05, 0.1) is 16.8 Å². The molecule has 0 saturated heterocycles. The van der Waals surface area contributed by atoms with Gasteiger partial charge in [-0.3, -0.25) is 9.59 Å². The number of anilines is 1. The number of carbonyl (C=O) groups excluding carboxylic acids is 1. The highest BCUT2D eigenvalue weighted by Crippen LogP contribution is 2.24. The van der Waals surface area contributed by atoms with Crippen molar-refractivity contribution in [1.29, 1.82) is 0 Å². The minimum atomic E-state index is -0.722. The first-order valence-corrected chi connectivity index (χ1v) is 9.25. The smallest absolute Gasteiger partial charge is 0.256 e. The predicted molar refractivity (Wildman–Crippen MR) is 107 cm³/mol. The minimum Gasteiger partial charge on any atom is -0.368 e. The second-order valence-electron chi connectivity index (χ2n) is 7.20. The lowest BCUT2D eigenvalue weighted by molar-refractivity contribution is 0.0734. The van der Waals surface area contributed by atoms with Crippen molar-refractivity contribution < 1.29 is 13.6 Å². The summed E-state index contributed by atoms with van der Waals surface area (Å²) in [4.78, 5) is 38.8. The zero-order valence-corrected chi connectivity index (χ0v) is 15.6. The Kier molecular flexibility index (Phi) is 3.99. The van der Waals surface area contributed by atoms with Crippen LogP contribution in [-0.4, -0.2) is 32.3 Å². The second kappa shape index (κ2) is 6.58. The van der Waals surface area contributed by atoms with Gasteiger partial charge in [-0.15, -0.1) is 0 Å². The topological polar surface area (TPSA) is 105 Å². The summed E-state index contributed by atoms with van der Waals surface area (Å²) in [7, 11) is 0. The van der Waals surface area contributed by atoms with Gasteiger partial charge in [-0.1, -0.05) is 0 Å². The number of hydrogen-bond donors (Lipinski definition) is 2. The van der Waals surface area contributed by atoms with Crippen LogP contribution in [0, 0.1) is 11.6 Å². The number of nitrogen functional groups attached to an aromatic ring is 1. The fourth-order valence-electron chi connectivity index (χ4n) is 3.86. The lowest BCUT2D eigenvalue weighted by Crippen LogP contribution is -2.37. The molecule has 0 saturated carbocycles. The summed E-state index contributed by atoms with van der Waals surface area (Å²) in [6.07, 6.45) is 2.06. The average molecular weight is 407 g/mol. The molecule has 4 aromatic rings. The van der Waals surface area contributed by atoms with Gasteiger partial charge >= 0.3 is 0 Å². The quantitative estimate of drug-likeness (QED) is 0.472. The number of hydrogen-bond acceptors (Lipinski definition) is 5. The number of pyridine rings is 1. The van der Waals surface area contributed by atoms with Gasteiger partial charge in [0, 0.05) is 47.6 Å². The van der Waals surface area contributed by atoms with E-state index < -0.39 is 23.0 Å². The van der Waals surface area contributed by atoms with Crippen molar-refractivity contribution in [1.82, 2.24) is 19.9 Å². The van der Waals surface area contributed by atoms with Crippen molar-refractivity contribution in [3.05, 3.63) is 75.2 Å². The van der Waals surface area contributed by atoms with Gasteiger partial charge in [-0.2, -0.15) is 0 Å². The number of nitrogens with one attached hydrogen (secondary N) is 1. The van der Waals surface area contributed by atoms with E-state index in [0.717, 1.165) is 29.5 Å². The molecule has 5 rings (SSSR count). The minimum absolute atomic E-state index is 0.00929. The SMILES string of the molecule is Nc1ncc2c(n1)CCN(C(=O)c1cc(F)cc3c(=O)c4cc(F)ccc4[nH]c13)C2. The molecule has 1 aliphatic rings. The number of rotatable bonds is 1. The van der Waals surface area contributed by atoms with Gasteiger partial charge < -0.3 is 15.6 Å². The molecular formula is C21H15F2N5O2. The second-order valence-corrected chi connectivity index (χ2v) is 7.20. The molecule has 0 spiro atoms. The molecule has 150 valence electrons. The first kappa shape index (κ1) is 18.2. The van der Waals surface area contributed by atoms with Crippen LogP contribution in [0.1, 0.15) is 21.6 Å². The molecule has 7 nitrogen and oxygen atoms in total. The molecule has 30 heavy (non-hydrogen) atoms. The Balaban J connectivity index is 1.64. The summed E-state index contributed by atoms with van der Waals surface area (Å²) >= 11 is 0. The molecule has 0 atom stereocenters. The van der Waals surface area contributed by atoms with Gasteiger partial charge in [0.1, 0.15) is 11.6 Å². The Morgan fingerprint density at radius 1 is 1.13 bits per heavy atom.